The van der Waals surface area contributed by atoms with Crippen molar-refractivity contribution in [3.8, 4) is 0 Å². The molecule has 178 valence electrons. The smallest absolute Gasteiger partial charge is 0.159 e. The quantitative estimate of drug-likeness (QED) is 0.178. The first-order valence-electron chi connectivity index (χ1n) is 12.6. The van der Waals surface area contributed by atoms with Gasteiger partial charge in [-0.2, -0.15) is 0 Å². The summed E-state index contributed by atoms with van der Waals surface area (Å²) in [6.07, 6.45) is 20.7. The molecule has 0 aliphatic heterocycles. The maximum Gasteiger partial charge on any atom is 0.159 e. The molecule has 0 spiro atoms. The molecule has 0 unspecified atom stereocenters. The van der Waals surface area contributed by atoms with Gasteiger partial charge in [0, 0.05) is 11.0 Å². The van der Waals surface area contributed by atoms with Gasteiger partial charge in [-0.3, -0.25) is 0 Å². The van der Waals surface area contributed by atoms with Crippen LogP contribution in [0.1, 0.15) is 96.8 Å². The third kappa shape index (κ3) is 10.7. The summed E-state index contributed by atoms with van der Waals surface area (Å²) >= 11 is 3.54. The standard InChI is InChI=1S/C26H42BrN5/c1-2-3-4-5-6-7-8-9-10-11-12-13-14-17-20-29-25-24(28)26(31-21-30-25)32-23-19-16-15-18-22(23)27/h15-16,18-19,21H,2-14,17,20,28H2,1H3,(H2,29,30,31,32). The van der Waals surface area contributed by atoms with Crippen molar-refractivity contribution in [2.45, 2.75) is 96.8 Å². The van der Waals surface area contributed by atoms with E-state index in [4.69, 9.17) is 5.73 Å². The zero-order chi connectivity index (χ0) is 22.9. The Kier molecular flexibility index (Phi) is 13.8. The largest absolute Gasteiger partial charge is 0.393 e. The number of aromatic nitrogens is 2. The van der Waals surface area contributed by atoms with Crippen molar-refractivity contribution in [3.63, 3.8) is 0 Å². The van der Waals surface area contributed by atoms with Crippen LogP contribution in [-0.4, -0.2) is 16.5 Å². The Balaban J connectivity index is 1.51. The Bertz CT molecular complexity index is 753. The highest BCUT2D eigenvalue weighted by atomic mass is 79.9. The summed E-state index contributed by atoms with van der Waals surface area (Å²) in [5.74, 6) is 1.32. The Morgan fingerprint density at radius 3 is 1.88 bits per heavy atom. The zero-order valence-corrected chi connectivity index (χ0v) is 21.4. The van der Waals surface area contributed by atoms with Gasteiger partial charge in [0.15, 0.2) is 11.6 Å². The van der Waals surface area contributed by atoms with Gasteiger partial charge < -0.3 is 16.4 Å². The number of halogens is 1. The van der Waals surface area contributed by atoms with Gasteiger partial charge in [-0.05, 0) is 34.5 Å². The topological polar surface area (TPSA) is 75.9 Å². The first-order valence-corrected chi connectivity index (χ1v) is 13.4. The number of unbranched alkanes of at least 4 members (excludes halogenated alkanes) is 13. The fourth-order valence-corrected chi connectivity index (χ4v) is 4.24. The van der Waals surface area contributed by atoms with Crippen LogP contribution in [0.4, 0.5) is 23.0 Å². The molecule has 0 atom stereocenters. The van der Waals surface area contributed by atoms with E-state index in [1.807, 2.05) is 24.3 Å². The molecule has 0 bridgehead atoms. The van der Waals surface area contributed by atoms with Crippen LogP contribution in [0.25, 0.3) is 0 Å². The summed E-state index contributed by atoms with van der Waals surface area (Å²) in [7, 11) is 0. The number of nitrogens with one attached hydrogen (secondary N) is 2. The normalized spacial score (nSPS) is 10.9. The molecule has 1 aromatic heterocycles. The molecule has 0 saturated heterocycles. The van der Waals surface area contributed by atoms with Crippen LogP contribution in [0.2, 0.25) is 0 Å². The van der Waals surface area contributed by atoms with Crippen molar-refractivity contribution < 1.29 is 0 Å². The monoisotopic (exact) mass is 503 g/mol. The molecule has 0 saturated carbocycles. The van der Waals surface area contributed by atoms with Gasteiger partial charge >= 0.3 is 0 Å². The Morgan fingerprint density at radius 1 is 0.750 bits per heavy atom. The van der Waals surface area contributed by atoms with Crippen LogP contribution in [0, 0.1) is 0 Å². The van der Waals surface area contributed by atoms with Crippen LogP contribution in [0.5, 0.6) is 0 Å². The number of nitrogens with zero attached hydrogens (tertiary/aromatic N) is 2. The molecular weight excluding hydrogens is 462 g/mol. The van der Waals surface area contributed by atoms with Gasteiger partial charge in [-0.1, -0.05) is 103 Å². The fraction of sp³-hybridized carbons (Fsp3) is 0.615. The average Bonchev–Trinajstić information content (AvgIpc) is 2.80. The molecule has 2 aromatic rings. The second-order valence-electron chi connectivity index (χ2n) is 8.61. The fourth-order valence-electron chi connectivity index (χ4n) is 3.85. The summed E-state index contributed by atoms with van der Waals surface area (Å²) in [5.41, 5.74) is 7.75. The van der Waals surface area contributed by atoms with E-state index >= 15 is 0 Å². The average molecular weight is 505 g/mol. The molecule has 0 aliphatic rings. The number of para-hydroxylation sites is 1. The highest BCUT2D eigenvalue weighted by Gasteiger charge is 2.09. The van der Waals surface area contributed by atoms with E-state index in [1.165, 1.54) is 83.5 Å². The maximum atomic E-state index is 6.28. The van der Waals surface area contributed by atoms with Crippen LogP contribution >= 0.6 is 15.9 Å². The number of anilines is 4. The van der Waals surface area contributed by atoms with Gasteiger partial charge in [0.25, 0.3) is 0 Å². The lowest BCUT2D eigenvalue weighted by Crippen LogP contribution is -2.09. The van der Waals surface area contributed by atoms with E-state index in [1.54, 1.807) is 6.33 Å². The molecule has 0 aliphatic carbocycles. The van der Waals surface area contributed by atoms with E-state index in [0.717, 1.165) is 23.1 Å². The first-order chi connectivity index (χ1) is 15.7. The van der Waals surface area contributed by atoms with Gasteiger partial charge in [-0.15, -0.1) is 0 Å². The number of hydrogen-bond donors (Lipinski definition) is 3. The summed E-state index contributed by atoms with van der Waals surface area (Å²) < 4.78 is 0.968. The van der Waals surface area contributed by atoms with Crippen molar-refractivity contribution >= 4 is 38.9 Å². The molecule has 1 heterocycles. The first kappa shape index (κ1) is 26.4. The minimum Gasteiger partial charge on any atom is -0.393 e. The van der Waals surface area contributed by atoms with Crippen molar-refractivity contribution in [2.75, 3.05) is 22.9 Å². The van der Waals surface area contributed by atoms with Crippen molar-refractivity contribution in [1.29, 1.82) is 0 Å². The number of benzene rings is 1. The lowest BCUT2D eigenvalue weighted by molar-refractivity contribution is 0.537. The molecule has 1 aromatic carbocycles. The Labute approximate surface area is 203 Å². The van der Waals surface area contributed by atoms with Gasteiger partial charge in [-0.25, -0.2) is 9.97 Å². The Morgan fingerprint density at radius 2 is 1.28 bits per heavy atom. The lowest BCUT2D eigenvalue weighted by atomic mass is 10.0. The SMILES string of the molecule is CCCCCCCCCCCCCCCCNc1ncnc(Nc2ccccc2Br)c1N. The molecule has 0 amide bonds. The second kappa shape index (κ2) is 16.8. The number of rotatable bonds is 18. The zero-order valence-electron chi connectivity index (χ0n) is 19.8. The summed E-state index contributed by atoms with van der Waals surface area (Å²) in [4.78, 5) is 8.60. The lowest BCUT2D eigenvalue weighted by Gasteiger charge is -2.13. The van der Waals surface area contributed by atoms with E-state index in [-0.39, 0.29) is 0 Å². The highest BCUT2D eigenvalue weighted by Crippen LogP contribution is 2.29. The molecule has 0 fully saturated rings. The van der Waals surface area contributed by atoms with Crippen molar-refractivity contribution in [3.05, 3.63) is 35.1 Å². The van der Waals surface area contributed by atoms with Crippen LogP contribution < -0.4 is 16.4 Å². The molecule has 32 heavy (non-hydrogen) atoms. The highest BCUT2D eigenvalue weighted by molar-refractivity contribution is 9.10. The minimum absolute atomic E-state index is 0.550. The van der Waals surface area contributed by atoms with E-state index in [2.05, 4.69) is 43.5 Å². The number of hydrogen-bond acceptors (Lipinski definition) is 5. The number of nitrogen functional groups attached to an aromatic ring is 1. The summed E-state index contributed by atoms with van der Waals surface area (Å²) in [6.45, 7) is 3.16. The summed E-state index contributed by atoms with van der Waals surface area (Å²) in [6, 6.07) is 7.91. The van der Waals surface area contributed by atoms with Crippen molar-refractivity contribution in [1.82, 2.24) is 9.97 Å². The third-order valence-electron chi connectivity index (χ3n) is 5.83. The minimum atomic E-state index is 0.550. The maximum absolute atomic E-state index is 6.28. The van der Waals surface area contributed by atoms with Crippen LogP contribution in [0.3, 0.4) is 0 Å². The number of nitrogens with two attached hydrogens (primary N) is 1. The molecular formula is C26H42BrN5. The third-order valence-corrected chi connectivity index (χ3v) is 6.53. The van der Waals surface area contributed by atoms with Gasteiger partial charge in [0.2, 0.25) is 0 Å². The molecule has 5 nitrogen and oxygen atoms in total. The Hall–Kier alpha value is -1.82. The van der Waals surface area contributed by atoms with Gasteiger partial charge in [0.05, 0.1) is 5.69 Å². The summed E-state index contributed by atoms with van der Waals surface area (Å²) in [5, 5.41) is 6.64. The molecule has 2 rings (SSSR count). The molecule has 0 radical (unpaired) electrons. The van der Waals surface area contributed by atoms with Gasteiger partial charge in [0.1, 0.15) is 12.0 Å². The second-order valence-corrected chi connectivity index (χ2v) is 9.47. The van der Waals surface area contributed by atoms with E-state index in [0.29, 0.717) is 17.3 Å². The molecule has 4 N–H and O–H groups in total. The van der Waals surface area contributed by atoms with Crippen LogP contribution in [-0.2, 0) is 0 Å². The van der Waals surface area contributed by atoms with E-state index in [9.17, 15) is 0 Å². The predicted molar refractivity (Wildman–Crippen MR) is 143 cm³/mol. The van der Waals surface area contributed by atoms with Crippen LogP contribution in [0.15, 0.2) is 35.1 Å². The van der Waals surface area contributed by atoms with E-state index < -0.39 is 0 Å². The predicted octanol–water partition coefficient (Wildman–Crippen LogP) is 8.46. The molecule has 6 heteroatoms. The van der Waals surface area contributed by atoms with Crippen molar-refractivity contribution in [2.24, 2.45) is 0 Å².